The van der Waals surface area contributed by atoms with Gasteiger partial charge < -0.3 is 30.3 Å². The van der Waals surface area contributed by atoms with Crippen LogP contribution in [0, 0.1) is 11.7 Å². The predicted octanol–water partition coefficient (Wildman–Crippen LogP) is 2.91. The lowest BCUT2D eigenvalue weighted by Crippen LogP contribution is -2.60. The summed E-state index contributed by atoms with van der Waals surface area (Å²) in [5.74, 6) is -4.55. The van der Waals surface area contributed by atoms with Crippen LogP contribution in [-0.2, 0) is 51.8 Å². The summed E-state index contributed by atoms with van der Waals surface area (Å²) in [5, 5.41) is 5.79. The van der Waals surface area contributed by atoms with E-state index in [9.17, 15) is 41.6 Å². The fourth-order valence-electron chi connectivity index (χ4n) is 7.04. The van der Waals surface area contributed by atoms with Gasteiger partial charge in [-0.25, -0.2) is 22.4 Å². The fraction of sp³-hybridized carbons (Fsp3) is 0.487. The monoisotopic (exact) mass is 844 g/mol. The van der Waals surface area contributed by atoms with Crippen molar-refractivity contribution in [2.45, 2.75) is 99.5 Å². The molecule has 58 heavy (non-hydrogen) atoms. The van der Waals surface area contributed by atoms with Crippen molar-refractivity contribution in [1.82, 2.24) is 30.5 Å². The average Bonchev–Trinajstić information content (AvgIpc) is 4.06. The molecule has 2 saturated carbocycles. The van der Waals surface area contributed by atoms with Gasteiger partial charge in [0.25, 0.3) is 5.91 Å². The Bertz CT molecular complexity index is 2100. The molecule has 2 aliphatic carbocycles. The second-order valence-electron chi connectivity index (χ2n) is 15.9. The van der Waals surface area contributed by atoms with Crippen LogP contribution in [0.25, 0.3) is 0 Å². The molecule has 1 saturated heterocycles. The zero-order chi connectivity index (χ0) is 42.2. The molecule has 4 N–H and O–H groups in total. The summed E-state index contributed by atoms with van der Waals surface area (Å²) in [6.07, 6.45) is -1.04. The number of nitrogens with one attached hydrogen (secondary N) is 4. The lowest BCUT2D eigenvalue weighted by Gasteiger charge is -2.30. The van der Waals surface area contributed by atoms with Crippen molar-refractivity contribution < 1.29 is 51.0 Å². The Hall–Kier alpha value is -5.23. The van der Waals surface area contributed by atoms with Crippen LogP contribution in [0.3, 0.4) is 0 Å². The first-order valence-corrected chi connectivity index (χ1v) is 20.8. The lowest BCUT2D eigenvalue weighted by atomic mass is 10.1. The molecule has 16 nitrogen and oxygen atoms in total. The van der Waals surface area contributed by atoms with Gasteiger partial charge in [0.1, 0.15) is 40.5 Å². The number of fused-ring (bicyclic) bond motifs is 1. The molecule has 0 aromatic heterocycles. The highest BCUT2D eigenvalue weighted by atomic mass is 35.5. The van der Waals surface area contributed by atoms with Gasteiger partial charge in [0.15, 0.2) is 0 Å². The number of benzene rings is 2. The van der Waals surface area contributed by atoms with Crippen molar-refractivity contribution in [3.63, 3.8) is 0 Å². The molecular formula is C39H46ClFN6O10S. The first-order valence-electron chi connectivity index (χ1n) is 18.8. The summed E-state index contributed by atoms with van der Waals surface area (Å²) in [5.41, 5.74) is -1.30. The maximum Gasteiger partial charge on any atom is 0.410 e. The summed E-state index contributed by atoms with van der Waals surface area (Å²) < 4.78 is 53.1. The van der Waals surface area contributed by atoms with Gasteiger partial charge in [-0.15, -0.1) is 18.2 Å². The third-order valence-electron chi connectivity index (χ3n) is 10.3. The van der Waals surface area contributed by atoms with E-state index < -0.39 is 104 Å². The van der Waals surface area contributed by atoms with Crippen LogP contribution in [0.15, 0.2) is 61.2 Å². The average molecular weight is 845 g/mol. The summed E-state index contributed by atoms with van der Waals surface area (Å²) in [6.45, 7) is 7.62. The Kier molecular flexibility index (Phi) is 12.1. The zero-order valence-corrected chi connectivity index (χ0v) is 33.7. The molecule has 2 aromatic rings. The molecule has 2 aliphatic heterocycles. The van der Waals surface area contributed by atoms with E-state index in [1.165, 1.54) is 23.1 Å². The number of carbonyl (C=O) groups is 6. The normalized spacial score (nSPS) is 23.4. The number of hydrogen-bond acceptors (Lipinski definition) is 10. The van der Waals surface area contributed by atoms with E-state index in [2.05, 4.69) is 27.3 Å². The summed E-state index contributed by atoms with van der Waals surface area (Å²) >= 11 is 6.42. The SMILES string of the molecule is C=CC1CC1(NC(=O)C1CC(OC(=O)N2Cc3cccc(F)c3C2)CN1C(=O)C(CNC(=O)C(Cl)c1ccccc1)NC(=O)OC(C)(C)C)C(=O)NS(=O)(=O)C1CC1. The zero-order valence-electron chi connectivity index (χ0n) is 32.2. The van der Waals surface area contributed by atoms with Gasteiger partial charge in [-0.1, -0.05) is 48.5 Å². The Labute approximate surface area is 340 Å². The molecular weight excluding hydrogens is 799 g/mol. The number of halogens is 2. The number of likely N-dealkylation sites (tertiary alicyclic amines) is 1. The van der Waals surface area contributed by atoms with Crippen LogP contribution in [-0.4, -0.2) is 102 Å². The quantitative estimate of drug-likeness (QED) is 0.171. The van der Waals surface area contributed by atoms with Crippen LogP contribution in [0.1, 0.15) is 68.5 Å². The number of ether oxygens (including phenoxy) is 2. The van der Waals surface area contributed by atoms with E-state index in [1.54, 1.807) is 57.2 Å². The highest BCUT2D eigenvalue weighted by molar-refractivity contribution is 7.91. The van der Waals surface area contributed by atoms with Gasteiger partial charge in [0, 0.05) is 31.0 Å². The second-order valence-corrected chi connectivity index (χ2v) is 18.3. The first kappa shape index (κ1) is 42.4. The third-order valence-corrected chi connectivity index (χ3v) is 12.6. The van der Waals surface area contributed by atoms with Crippen molar-refractivity contribution in [2.75, 3.05) is 13.1 Å². The molecule has 2 aromatic carbocycles. The van der Waals surface area contributed by atoms with Crippen molar-refractivity contribution in [3.8, 4) is 0 Å². The minimum absolute atomic E-state index is 0.0231. The van der Waals surface area contributed by atoms with E-state index in [0.717, 1.165) is 4.90 Å². The largest absolute Gasteiger partial charge is 0.444 e. The first-order chi connectivity index (χ1) is 27.3. The lowest BCUT2D eigenvalue weighted by molar-refractivity contribution is -0.141. The molecule has 312 valence electrons. The fourth-order valence-corrected chi connectivity index (χ4v) is 8.62. The molecule has 0 bridgehead atoms. The highest BCUT2D eigenvalue weighted by Gasteiger charge is 2.62. The number of alkyl carbamates (subject to hydrolysis) is 1. The van der Waals surface area contributed by atoms with E-state index in [-0.39, 0.29) is 32.5 Å². The Morgan fingerprint density at radius 2 is 1.76 bits per heavy atom. The molecule has 6 atom stereocenters. The van der Waals surface area contributed by atoms with Crippen molar-refractivity contribution in [3.05, 3.63) is 83.7 Å². The van der Waals surface area contributed by atoms with Gasteiger partial charge in [-0.2, -0.15) is 0 Å². The number of sulfonamides is 1. The van der Waals surface area contributed by atoms with Crippen molar-refractivity contribution >= 4 is 57.4 Å². The van der Waals surface area contributed by atoms with E-state index in [1.807, 2.05) is 0 Å². The molecule has 3 fully saturated rings. The van der Waals surface area contributed by atoms with Crippen LogP contribution in [0.2, 0.25) is 0 Å². The molecule has 6 rings (SSSR count). The summed E-state index contributed by atoms with van der Waals surface area (Å²) in [4.78, 5) is 84.2. The Morgan fingerprint density at radius 3 is 2.38 bits per heavy atom. The van der Waals surface area contributed by atoms with Gasteiger partial charge in [-0.05, 0) is 57.2 Å². The topological polar surface area (TPSA) is 210 Å². The summed E-state index contributed by atoms with van der Waals surface area (Å²) in [6, 6.07) is 9.89. The van der Waals surface area contributed by atoms with E-state index in [0.29, 0.717) is 29.5 Å². The maximum absolute atomic E-state index is 14.5. The van der Waals surface area contributed by atoms with Crippen molar-refractivity contribution in [2.24, 2.45) is 5.92 Å². The molecule has 0 radical (unpaired) electrons. The number of carbonyl (C=O) groups excluding carboxylic acids is 6. The van der Waals surface area contributed by atoms with Crippen LogP contribution < -0.4 is 20.7 Å². The molecule has 4 aliphatic rings. The van der Waals surface area contributed by atoms with Gasteiger partial charge >= 0.3 is 12.2 Å². The van der Waals surface area contributed by atoms with E-state index in [4.69, 9.17) is 21.1 Å². The minimum Gasteiger partial charge on any atom is -0.444 e. The van der Waals surface area contributed by atoms with E-state index >= 15 is 0 Å². The maximum atomic E-state index is 14.5. The molecule has 2 heterocycles. The molecule has 19 heteroatoms. The molecule has 6 amide bonds. The second kappa shape index (κ2) is 16.6. The Balaban J connectivity index is 1.24. The number of amides is 6. The number of hydrogen-bond donors (Lipinski definition) is 4. The Morgan fingerprint density at radius 1 is 1.05 bits per heavy atom. The number of rotatable bonds is 13. The third kappa shape index (κ3) is 9.55. The van der Waals surface area contributed by atoms with Gasteiger partial charge in [0.2, 0.25) is 27.7 Å². The molecule has 6 unspecified atom stereocenters. The standard InChI is InChI=1S/C39H46ClFN6O10S/c1-5-24-17-39(24,35(51)45-58(54,55)26-14-15-26)44-32(48)30-16-25(56-37(53)46-19-23-12-9-13-28(41)27(23)21-46)20-47(30)34(50)29(43-36(52)57-38(2,3)4)18-42-33(49)31(40)22-10-7-6-8-11-22/h5-13,24-26,29-31H,1,14-21H2,2-4H3,(H,42,49)(H,43,52)(H,44,48)(H,45,51). The van der Waals surface area contributed by atoms with Crippen LogP contribution in [0.5, 0.6) is 0 Å². The van der Waals surface area contributed by atoms with Gasteiger partial charge in [-0.3, -0.25) is 28.8 Å². The smallest absolute Gasteiger partial charge is 0.410 e. The number of nitrogens with zero attached hydrogens (tertiary/aromatic N) is 2. The predicted molar refractivity (Wildman–Crippen MR) is 206 cm³/mol. The van der Waals surface area contributed by atoms with Gasteiger partial charge in [0.05, 0.1) is 18.3 Å². The van der Waals surface area contributed by atoms with Crippen molar-refractivity contribution in [1.29, 1.82) is 0 Å². The highest BCUT2D eigenvalue weighted by Crippen LogP contribution is 2.45. The number of alkyl halides is 1. The van der Waals surface area contributed by atoms with Crippen LogP contribution >= 0.6 is 11.6 Å². The minimum atomic E-state index is -4.00. The molecule has 0 spiro atoms. The summed E-state index contributed by atoms with van der Waals surface area (Å²) in [7, 11) is -4.00. The van der Waals surface area contributed by atoms with Crippen LogP contribution in [0.4, 0.5) is 14.0 Å².